The van der Waals surface area contributed by atoms with E-state index in [-0.39, 0.29) is 24.5 Å². The SMILES string of the molecule is Cc1ccccc1NC(=O)N1CCCC(N)C1.Cl. The number of hydrogen-bond acceptors (Lipinski definition) is 2. The number of rotatable bonds is 1. The maximum atomic E-state index is 12.0. The molecule has 18 heavy (non-hydrogen) atoms. The number of urea groups is 1. The fourth-order valence-electron chi connectivity index (χ4n) is 2.10. The fourth-order valence-corrected chi connectivity index (χ4v) is 2.10. The van der Waals surface area contributed by atoms with Crippen LogP contribution in [0.2, 0.25) is 0 Å². The number of aryl methyl sites for hydroxylation is 1. The molecule has 0 bridgehead atoms. The first kappa shape index (κ1) is 14.8. The Labute approximate surface area is 114 Å². The van der Waals surface area contributed by atoms with Crippen LogP contribution in [0, 0.1) is 6.92 Å². The number of benzene rings is 1. The van der Waals surface area contributed by atoms with E-state index >= 15 is 0 Å². The van der Waals surface area contributed by atoms with Gasteiger partial charge in [0.05, 0.1) is 0 Å². The van der Waals surface area contributed by atoms with Gasteiger partial charge in [-0.15, -0.1) is 12.4 Å². The molecule has 4 nitrogen and oxygen atoms in total. The van der Waals surface area contributed by atoms with E-state index in [4.69, 9.17) is 5.73 Å². The van der Waals surface area contributed by atoms with Gasteiger partial charge in [0.15, 0.2) is 0 Å². The summed E-state index contributed by atoms with van der Waals surface area (Å²) >= 11 is 0. The van der Waals surface area contributed by atoms with E-state index in [0.717, 1.165) is 30.6 Å². The number of nitrogens with two attached hydrogens (primary N) is 1. The third-order valence-electron chi connectivity index (χ3n) is 3.13. The Kier molecular flexibility index (Phi) is 5.44. The number of amides is 2. The van der Waals surface area contributed by atoms with Crippen molar-refractivity contribution >= 4 is 24.1 Å². The van der Waals surface area contributed by atoms with Crippen LogP contribution >= 0.6 is 12.4 Å². The van der Waals surface area contributed by atoms with E-state index in [1.807, 2.05) is 31.2 Å². The number of nitrogens with one attached hydrogen (secondary N) is 1. The molecule has 1 aliphatic rings. The maximum Gasteiger partial charge on any atom is 0.321 e. The van der Waals surface area contributed by atoms with E-state index in [0.29, 0.717) is 6.54 Å². The molecule has 0 radical (unpaired) electrons. The monoisotopic (exact) mass is 269 g/mol. The third kappa shape index (κ3) is 3.62. The first-order valence-electron chi connectivity index (χ1n) is 6.04. The number of anilines is 1. The van der Waals surface area contributed by atoms with Crippen molar-refractivity contribution in [3.8, 4) is 0 Å². The fraction of sp³-hybridized carbons (Fsp3) is 0.462. The van der Waals surface area contributed by atoms with Gasteiger partial charge >= 0.3 is 6.03 Å². The zero-order valence-corrected chi connectivity index (χ0v) is 11.4. The highest BCUT2D eigenvalue weighted by Crippen LogP contribution is 2.15. The molecule has 1 fully saturated rings. The zero-order valence-electron chi connectivity index (χ0n) is 10.6. The standard InChI is InChI=1S/C13H19N3O.ClH/c1-10-5-2-3-7-12(10)15-13(17)16-8-4-6-11(14)9-16;/h2-3,5,7,11H,4,6,8-9,14H2,1H3,(H,15,17);1H. The minimum Gasteiger partial charge on any atom is -0.326 e. The van der Waals surface area contributed by atoms with E-state index in [2.05, 4.69) is 5.32 Å². The molecule has 2 amide bonds. The maximum absolute atomic E-state index is 12.0. The number of piperidine rings is 1. The number of carbonyl (C=O) groups excluding carboxylic acids is 1. The molecule has 0 aliphatic carbocycles. The van der Waals surface area contributed by atoms with Gasteiger partial charge in [-0.05, 0) is 31.4 Å². The van der Waals surface area contributed by atoms with Crippen molar-refractivity contribution < 1.29 is 4.79 Å². The average Bonchev–Trinajstić information content (AvgIpc) is 2.32. The number of para-hydroxylation sites is 1. The van der Waals surface area contributed by atoms with E-state index in [1.54, 1.807) is 4.90 Å². The number of halogens is 1. The van der Waals surface area contributed by atoms with Gasteiger partial charge in [0, 0.05) is 24.8 Å². The highest BCUT2D eigenvalue weighted by Gasteiger charge is 2.21. The van der Waals surface area contributed by atoms with Gasteiger partial charge < -0.3 is 16.0 Å². The molecular weight excluding hydrogens is 250 g/mol. The van der Waals surface area contributed by atoms with Crippen molar-refractivity contribution in [2.45, 2.75) is 25.8 Å². The molecule has 0 saturated carbocycles. The van der Waals surface area contributed by atoms with Crippen LogP contribution in [0.5, 0.6) is 0 Å². The zero-order chi connectivity index (χ0) is 12.3. The Hall–Kier alpha value is -1.26. The quantitative estimate of drug-likeness (QED) is 0.822. The first-order valence-corrected chi connectivity index (χ1v) is 6.04. The minimum absolute atomic E-state index is 0. The summed E-state index contributed by atoms with van der Waals surface area (Å²) in [6, 6.07) is 7.85. The molecule has 0 aromatic heterocycles. The van der Waals surface area contributed by atoms with Crippen molar-refractivity contribution in [1.82, 2.24) is 4.90 Å². The van der Waals surface area contributed by atoms with Crippen molar-refractivity contribution in [1.29, 1.82) is 0 Å². The van der Waals surface area contributed by atoms with Crippen molar-refractivity contribution in [2.24, 2.45) is 5.73 Å². The minimum atomic E-state index is -0.0468. The largest absolute Gasteiger partial charge is 0.326 e. The number of likely N-dealkylation sites (tertiary alicyclic amines) is 1. The summed E-state index contributed by atoms with van der Waals surface area (Å²) in [6.45, 7) is 3.43. The molecule has 1 heterocycles. The number of carbonyl (C=O) groups is 1. The average molecular weight is 270 g/mol. The second-order valence-electron chi connectivity index (χ2n) is 4.59. The molecule has 0 spiro atoms. The molecule has 3 N–H and O–H groups in total. The Morgan fingerprint density at radius 1 is 1.44 bits per heavy atom. The van der Waals surface area contributed by atoms with Crippen molar-refractivity contribution in [2.75, 3.05) is 18.4 Å². The second-order valence-corrected chi connectivity index (χ2v) is 4.59. The molecule has 100 valence electrons. The molecule has 2 rings (SSSR count). The summed E-state index contributed by atoms with van der Waals surface area (Å²) in [5.41, 5.74) is 7.81. The predicted molar refractivity (Wildman–Crippen MR) is 76.2 cm³/mol. The van der Waals surface area contributed by atoms with Crippen LogP contribution in [-0.2, 0) is 0 Å². The molecule has 1 aromatic rings. The molecule has 1 atom stereocenters. The summed E-state index contributed by atoms with van der Waals surface area (Å²) in [5, 5.41) is 2.93. The molecule has 1 saturated heterocycles. The van der Waals surface area contributed by atoms with Crippen LogP contribution in [0.15, 0.2) is 24.3 Å². The molecule has 1 aromatic carbocycles. The first-order chi connectivity index (χ1) is 8.16. The van der Waals surface area contributed by atoms with E-state index in [9.17, 15) is 4.79 Å². The van der Waals surface area contributed by atoms with Gasteiger partial charge in [0.2, 0.25) is 0 Å². The summed E-state index contributed by atoms with van der Waals surface area (Å²) in [6.07, 6.45) is 2.00. The Bertz CT molecular complexity index is 411. The Balaban J connectivity index is 0.00000162. The lowest BCUT2D eigenvalue weighted by atomic mass is 10.1. The van der Waals surface area contributed by atoms with Crippen LogP contribution in [-0.4, -0.2) is 30.1 Å². The van der Waals surface area contributed by atoms with Crippen LogP contribution in [0.4, 0.5) is 10.5 Å². The van der Waals surface area contributed by atoms with E-state index in [1.165, 1.54) is 0 Å². The molecule has 1 unspecified atom stereocenters. The van der Waals surface area contributed by atoms with Gasteiger partial charge in [-0.25, -0.2) is 4.79 Å². The highest BCUT2D eigenvalue weighted by molar-refractivity contribution is 5.90. The van der Waals surface area contributed by atoms with Crippen molar-refractivity contribution in [3.63, 3.8) is 0 Å². The van der Waals surface area contributed by atoms with Crippen LogP contribution in [0.3, 0.4) is 0 Å². The molecule has 1 aliphatic heterocycles. The Morgan fingerprint density at radius 3 is 2.83 bits per heavy atom. The lowest BCUT2D eigenvalue weighted by molar-refractivity contribution is 0.193. The lowest BCUT2D eigenvalue weighted by Crippen LogP contribution is -2.47. The van der Waals surface area contributed by atoms with Crippen molar-refractivity contribution in [3.05, 3.63) is 29.8 Å². The predicted octanol–water partition coefficient (Wildman–Crippen LogP) is 2.37. The van der Waals surface area contributed by atoms with Gasteiger partial charge in [-0.3, -0.25) is 0 Å². The van der Waals surface area contributed by atoms with Gasteiger partial charge in [-0.2, -0.15) is 0 Å². The Morgan fingerprint density at radius 2 is 2.17 bits per heavy atom. The third-order valence-corrected chi connectivity index (χ3v) is 3.13. The number of hydrogen-bond donors (Lipinski definition) is 2. The summed E-state index contributed by atoms with van der Waals surface area (Å²) in [4.78, 5) is 13.8. The van der Waals surface area contributed by atoms with Gasteiger partial charge in [-0.1, -0.05) is 18.2 Å². The molecular formula is C13H20ClN3O. The topological polar surface area (TPSA) is 58.4 Å². The van der Waals surface area contributed by atoms with Crippen LogP contribution < -0.4 is 11.1 Å². The van der Waals surface area contributed by atoms with Crippen LogP contribution in [0.1, 0.15) is 18.4 Å². The van der Waals surface area contributed by atoms with E-state index < -0.39 is 0 Å². The number of nitrogens with zero attached hydrogens (tertiary/aromatic N) is 1. The van der Waals surface area contributed by atoms with Crippen LogP contribution in [0.25, 0.3) is 0 Å². The molecule has 5 heteroatoms. The summed E-state index contributed by atoms with van der Waals surface area (Å²) in [5.74, 6) is 0. The van der Waals surface area contributed by atoms with Gasteiger partial charge in [0.25, 0.3) is 0 Å². The van der Waals surface area contributed by atoms with Gasteiger partial charge in [0.1, 0.15) is 0 Å². The summed E-state index contributed by atoms with van der Waals surface area (Å²) < 4.78 is 0. The highest BCUT2D eigenvalue weighted by atomic mass is 35.5. The smallest absolute Gasteiger partial charge is 0.321 e. The summed E-state index contributed by atoms with van der Waals surface area (Å²) in [7, 11) is 0. The second kappa shape index (κ2) is 6.61. The lowest BCUT2D eigenvalue weighted by Gasteiger charge is -2.30. The normalized spacial score (nSPS) is 19.0.